The Morgan fingerprint density at radius 2 is 1.71 bits per heavy atom. The zero-order valence-corrected chi connectivity index (χ0v) is 13.2. The van der Waals surface area contributed by atoms with Crippen molar-refractivity contribution in [3.8, 4) is 5.75 Å². The highest BCUT2D eigenvalue weighted by molar-refractivity contribution is 6.32. The van der Waals surface area contributed by atoms with Crippen molar-refractivity contribution in [2.24, 2.45) is 0 Å². The minimum atomic E-state index is 0.115. The first-order valence-electron chi connectivity index (χ1n) is 7.20. The molecule has 0 amide bonds. The Morgan fingerprint density at radius 3 is 2.29 bits per heavy atom. The van der Waals surface area contributed by atoms with Crippen molar-refractivity contribution < 1.29 is 5.11 Å². The van der Waals surface area contributed by atoms with Gasteiger partial charge in [0.15, 0.2) is 0 Å². The van der Waals surface area contributed by atoms with Crippen molar-refractivity contribution in [3.63, 3.8) is 0 Å². The van der Waals surface area contributed by atoms with E-state index in [-0.39, 0.29) is 5.75 Å². The summed E-state index contributed by atoms with van der Waals surface area (Å²) >= 11 is 5.90. The van der Waals surface area contributed by atoms with Gasteiger partial charge in [0.1, 0.15) is 5.75 Å². The molecule has 0 radical (unpaired) electrons. The van der Waals surface area contributed by atoms with Crippen molar-refractivity contribution in [3.05, 3.63) is 53.1 Å². The largest absolute Gasteiger partial charge is 0.506 e. The number of benzene rings is 2. The maximum atomic E-state index is 9.40. The molecule has 0 atom stereocenters. The average molecular weight is 305 g/mol. The number of phenols is 1. The van der Waals surface area contributed by atoms with Crippen LogP contribution in [0.2, 0.25) is 5.02 Å². The van der Waals surface area contributed by atoms with E-state index >= 15 is 0 Å². The molecule has 0 spiro atoms. The summed E-state index contributed by atoms with van der Waals surface area (Å²) in [4.78, 5) is 2.31. The summed E-state index contributed by atoms with van der Waals surface area (Å²) in [5.74, 6) is 0.115. The summed E-state index contributed by atoms with van der Waals surface area (Å²) in [5, 5.41) is 13.1. The molecule has 0 bridgehead atoms. The van der Waals surface area contributed by atoms with Gasteiger partial charge in [0.25, 0.3) is 0 Å². The van der Waals surface area contributed by atoms with E-state index < -0.39 is 0 Å². The van der Waals surface area contributed by atoms with Gasteiger partial charge in [0.2, 0.25) is 0 Å². The Morgan fingerprint density at radius 1 is 1.05 bits per heavy atom. The number of hydrogen-bond acceptors (Lipinski definition) is 3. The number of rotatable bonds is 6. The number of hydrogen-bond donors (Lipinski definition) is 2. The van der Waals surface area contributed by atoms with Crippen molar-refractivity contribution in [2.75, 3.05) is 23.3 Å². The van der Waals surface area contributed by atoms with E-state index in [0.29, 0.717) is 11.6 Å². The lowest BCUT2D eigenvalue weighted by atomic mass is 10.2. The van der Waals surface area contributed by atoms with Crippen LogP contribution in [0.5, 0.6) is 5.75 Å². The topological polar surface area (TPSA) is 35.5 Å². The minimum Gasteiger partial charge on any atom is -0.506 e. The molecule has 0 saturated carbocycles. The lowest BCUT2D eigenvalue weighted by Crippen LogP contribution is -2.21. The molecule has 0 aliphatic carbocycles. The molecule has 4 heteroatoms. The first kappa shape index (κ1) is 15.5. The number of phenolic OH excluding ortho intramolecular Hbond substituents is 1. The maximum absolute atomic E-state index is 9.40. The first-order valence-corrected chi connectivity index (χ1v) is 7.58. The summed E-state index contributed by atoms with van der Waals surface area (Å²) in [6.45, 7) is 7.00. The highest BCUT2D eigenvalue weighted by atomic mass is 35.5. The molecule has 2 N–H and O–H groups in total. The van der Waals surface area contributed by atoms with Crippen molar-refractivity contribution in [1.82, 2.24) is 0 Å². The molecule has 2 rings (SSSR count). The fourth-order valence-corrected chi connectivity index (χ4v) is 2.45. The maximum Gasteiger partial charge on any atom is 0.134 e. The Kier molecular flexibility index (Phi) is 5.34. The van der Waals surface area contributed by atoms with Gasteiger partial charge in [-0.2, -0.15) is 0 Å². The van der Waals surface area contributed by atoms with Crippen LogP contribution in [0.15, 0.2) is 42.5 Å². The van der Waals surface area contributed by atoms with Gasteiger partial charge in [0.05, 0.1) is 5.02 Å². The monoisotopic (exact) mass is 304 g/mol. The standard InChI is InChI=1S/C17H21ClN2O/c1-3-20(4-2)15-8-6-14(7-9-15)19-12-13-5-10-17(21)16(18)11-13/h5-11,19,21H,3-4,12H2,1-2H3. The molecular weight excluding hydrogens is 284 g/mol. The zero-order chi connectivity index (χ0) is 15.2. The summed E-state index contributed by atoms with van der Waals surface area (Å²) in [5.41, 5.74) is 3.33. The molecule has 2 aromatic carbocycles. The predicted molar refractivity (Wildman–Crippen MR) is 90.4 cm³/mol. The third-order valence-corrected chi connectivity index (χ3v) is 3.81. The quantitative estimate of drug-likeness (QED) is 0.824. The molecule has 0 aromatic heterocycles. The van der Waals surface area contributed by atoms with Gasteiger partial charge in [-0.05, 0) is 55.8 Å². The second kappa shape index (κ2) is 7.23. The molecule has 0 saturated heterocycles. The van der Waals surface area contributed by atoms with E-state index in [0.717, 1.165) is 24.3 Å². The minimum absolute atomic E-state index is 0.115. The summed E-state index contributed by atoms with van der Waals surface area (Å²) in [7, 11) is 0. The zero-order valence-electron chi connectivity index (χ0n) is 12.4. The van der Waals surface area contributed by atoms with E-state index in [9.17, 15) is 5.11 Å². The van der Waals surface area contributed by atoms with Gasteiger partial charge in [-0.15, -0.1) is 0 Å². The number of aromatic hydroxyl groups is 1. The van der Waals surface area contributed by atoms with Gasteiger partial charge >= 0.3 is 0 Å². The lowest BCUT2D eigenvalue weighted by molar-refractivity contribution is 0.475. The third kappa shape index (κ3) is 4.05. The van der Waals surface area contributed by atoms with E-state index in [1.807, 2.05) is 6.07 Å². The Labute approximate surface area is 131 Å². The predicted octanol–water partition coefficient (Wildman–Crippen LogP) is 4.50. The molecule has 0 fully saturated rings. The Hall–Kier alpha value is -1.87. The summed E-state index contributed by atoms with van der Waals surface area (Å²) in [6.07, 6.45) is 0. The molecule has 0 unspecified atom stereocenters. The Balaban J connectivity index is 1.98. The highest BCUT2D eigenvalue weighted by Crippen LogP contribution is 2.24. The second-order valence-corrected chi connectivity index (χ2v) is 5.27. The average Bonchev–Trinajstić information content (AvgIpc) is 2.51. The summed E-state index contributed by atoms with van der Waals surface area (Å²) in [6, 6.07) is 13.7. The van der Waals surface area contributed by atoms with E-state index in [1.54, 1.807) is 12.1 Å². The van der Waals surface area contributed by atoms with Crippen LogP contribution in [0.4, 0.5) is 11.4 Å². The number of nitrogens with zero attached hydrogens (tertiary/aromatic N) is 1. The molecule has 0 heterocycles. The van der Waals surface area contributed by atoms with Crippen LogP contribution >= 0.6 is 11.6 Å². The molecule has 112 valence electrons. The van der Waals surface area contributed by atoms with Gasteiger partial charge in [-0.3, -0.25) is 0 Å². The molecule has 3 nitrogen and oxygen atoms in total. The molecule has 0 aliphatic rings. The SMILES string of the molecule is CCN(CC)c1ccc(NCc2ccc(O)c(Cl)c2)cc1. The van der Waals surface area contributed by atoms with E-state index in [1.165, 1.54) is 5.69 Å². The molecular formula is C17H21ClN2O. The number of halogens is 1. The van der Waals surface area contributed by atoms with Crippen molar-refractivity contribution in [1.29, 1.82) is 0 Å². The molecule has 21 heavy (non-hydrogen) atoms. The lowest BCUT2D eigenvalue weighted by Gasteiger charge is -2.21. The van der Waals surface area contributed by atoms with Crippen LogP contribution < -0.4 is 10.2 Å². The fourth-order valence-electron chi connectivity index (χ4n) is 2.24. The number of nitrogens with one attached hydrogen (secondary N) is 1. The van der Waals surface area contributed by atoms with Gasteiger partial charge in [0, 0.05) is 31.0 Å². The second-order valence-electron chi connectivity index (χ2n) is 4.86. The number of anilines is 2. The molecule has 2 aromatic rings. The van der Waals surface area contributed by atoms with Crippen LogP contribution in [-0.4, -0.2) is 18.2 Å². The van der Waals surface area contributed by atoms with Gasteiger partial charge in [-0.1, -0.05) is 17.7 Å². The summed E-state index contributed by atoms with van der Waals surface area (Å²) < 4.78 is 0. The van der Waals surface area contributed by atoms with E-state index in [2.05, 4.69) is 48.3 Å². The van der Waals surface area contributed by atoms with Crippen LogP contribution in [0.1, 0.15) is 19.4 Å². The van der Waals surface area contributed by atoms with E-state index in [4.69, 9.17) is 11.6 Å². The van der Waals surface area contributed by atoms with Crippen molar-refractivity contribution in [2.45, 2.75) is 20.4 Å². The van der Waals surface area contributed by atoms with Crippen LogP contribution in [0, 0.1) is 0 Å². The first-order chi connectivity index (χ1) is 10.1. The van der Waals surface area contributed by atoms with Crippen LogP contribution in [0.25, 0.3) is 0 Å². The van der Waals surface area contributed by atoms with Gasteiger partial charge in [-0.25, -0.2) is 0 Å². The normalized spacial score (nSPS) is 10.4. The third-order valence-electron chi connectivity index (χ3n) is 3.50. The van der Waals surface area contributed by atoms with Crippen LogP contribution in [-0.2, 0) is 6.54 Å². The fraction of sp³-hybridized carbons (Fsp3) is 0.294. The molecule has 0 aliphatic heterocycles. The highest BCUT2D eigenvalue weighted by Gasteiger charge is 2.02. The van der Waals surface area contributed by atoms with Crippen LogP contribution in [0.3, 0.4) is 0 Å². The Bertz CT molecular complexity index is 580. The van der Waals surface area contributed by atoms with Crippen molar-refractivity contribution >= 4 is 23.0 Å². The smallest absolute Gasteiger partial charge is 0.134 e. The van der Waals surface area contributed by atoms with Gasteiger partial charge < -0.3 is 15.3 Å².